The highest BCUT2D eigenvalue weighted by Gasteiger charge is 2.34. The lowest BCUT2D eigenvalue weighted by molar-refractivity contribution is -0.385. The number of carbonyl (C=O) groups is 2. The summed E-state index contributed by atoms with van der Waals surface area (Å²) >= 11 is 11.2. The van der Waals surface area contributed by atoms with Crippen molar-refractivity contribution >= 4 is 52.5 Å². The summed E-state index contributed by atoms with van der Waals surface area (Å²) in [6.07, 6.45) is 2.45. The molecule has 0 radical (unpaired) electrons. The van der Waals surface area contributed by atoms with Gasteiger partial charge in [0.05, 0.1) is 30.8 Å². The minimum Gasteiger partial charge on any atom is -0.493 e. The van der Waals surface area contributed by atoms with E-state index in [1.807, 2.05) is 0 Å². The first kappa shape index (κ1) is 20.3. The molecule has 1 fully saturated rings. The van der Waals surface area contributed by atoms with Crippen LogP contribution < -0.4 is 14.8 Å². The molecule has 0 spiro atoms. The number of halogens is 1. The van der Waals surface area contributed by atoms with Crippen LogP contribution in [0.15, 0.2) is 24.3 Å². The maximum atomic E-state index is 12.6. The number of nitro benzene ring substituents is 1. The average molecular weight is 412 g/mol. The molecule has 27 heavy (non-hydrogen) atoms. The van der Waals surface area contributed by atoms with Crippen LogP contribution in [0.4, 0.5) is 5.69 Å². The van der Waals surface area contributed by atoms with Crippen LogP contribution in [0.25, 0.3) is 6.08 Å². The number of nitrogens with zero attached hydrogens (tertiary/aromatic N) is 2. The number of carbonyl (C=O) groups excluding carboxylic acids is 2. The zero-order valence-corrected chi connectivity index (χ0v) is 15.8. The van der Waals surface area contributed by atoms with Gasteiger partial charge in [-0.05, 0) is 18.3 Å². The van der Waals surface area contributed by atoms with Gasteiger partial charge in [-0.2, -0.15) is 0 Å². The van der Waals surface area contributed by atoms with Gasteiger partial charge in [-0.3, -0.25) is 29.9 Å². The molecule has 9 nitrogen and oxygen atoms in total. The fraction of sp³-hybridized carbons (Fsp3) is 0.188. The van der Waals surface area contributed by atoms with Crippen LogP contribution in [0.2, 0.25) is 5.02 Å². The maximum absolute atomic E-state index is 12.6. The molecule has 2 amide bonds. The molecule has 1 aliphatic heterocycles. The minimum atomic E-state index is -0.800. The van der Waals surface area contributed by atoms with E-state index < -0.39 is 22.4 Å². The van der Waals surface area contributed by atoms with Gasteiger partial charge in [-0.15, -0.1) is 6.58 Å². The van der Waals surface area contributed by atoms with Crippen molar-refractivity contribution in [2.45, 2.75) is 0 Å². The number of rotatable bonds is 6. The molecule has 0 aliphatic carbocycles. The zero-order chi connectivity index (χ0) is 20.3. The molecule has 2 rings (SSSR count). The third-order valence-electron chi connectivity index (χ3n) is 3.61. The van der Waals surface area contributed by atoms with Gasteiger partial charge in [0.1, 0.15) is 10.6 Å². The number of thiocarbonyl (C=S) groups is 1. The molecule has 1 saturated heterocycles. The van der Waals surface area contributed by atoms with Crippen LogP contribution in [0.1, 0.15) is 5.56 Å². The van der Waals surface area contributed by atoms with E-state index in [4.69, 9.17) is 33.3 Å². The number of amides is 2. The Balaban J connectivity index is 2.71. The summed E-state index contributed by atoms with van der Waals surface area (Å²) in [6, 6.07) is 1.09. The summed E-state index contributed by atoms with van der Waals surface area (Å²) in [5.41, 5.74) is -1.01. The Kier molecular flexibility index (Phi) is 6.13. The molecule has 1 heterocycles. The maximum Gasteiger partial charge on any atom is 0.282 e. The van der Waals surface area contributed by atoms with E-state index in [-0.39, 0.29) is 39.3 Å². The van der Waals surface area contributed by atoms with E-state index >= 15 is 0 Å². The Morgan fingerprint density at radius 1 is 1.41 bits per heavy atom. The number of methoxy groups -OCH3 is 2. The quantitative estimate of drug-likeness (QED) is 0.190. The smallest absolute Gasteiger partial charge is 0.282 e. The van der Waals surface area contributed by atoms with Gasteiger partial charge in [-0.25, -0.2) is 0 Å². The lowest BCUT2D eigenvalue weighted by Gasteiger charge is -2.27. The van der Waals surface area contributed by atoms with Crippen molar-refractivity contribution in [3.05, 3.63) is 45.0 Å². The highest BCUT2D eigenvalue weighted by atomic mass is 35.5. The molecular weight excluding hydrogens is 398 g/mol. The molecule has 0 unspecified atom stereocenters. The Labute approximate surface area is 164 Å². The van der Waals surface area contributed by atoms with Crippen LogP contribution >= 0.6 is 23.8 Å². The molecule has 1 aromatic carbocycles. The molecular formula is C16H14ClN3O6S. The van der Waals surface area contributed by atoms with Gasteiger partial charge in [-0.1, -0.05) is 17.7 Å². The van der Waals surface area contributed by atoms with Crippen LogP contribution in [0.3, 0.4) is 0 Å². The summed E-state index contributed by atoms with van der Waals surface area (Å²) < 4.78 is 10.2. The van der Waals surface area contributed by atoms with E-state index in [1.54, 1.807) is 0 Å². The summed E-state index contributed by atoms with van der Waals surface area (Å²) in [5.74, 6) is -1.47. The second-order valence-corrected chi connectivity index (χ2v) is 5.90. The molecule has 0 saturated carbocycles. The van der Waals surface area contributed by atoms with Gasteiger partial charge in [0.15, 0.2) is 16.6 Å². The van der Waals surface area contributed by atoms with E-state index in [9.17, 15) is 19.7 Å². The first-order chi connectivity index (χ1) is 12.8. The van der Waals surface area contributed by atoms with Gasteiger partial charge in [0, 0.05) is 6.54 Å². The van der Waals surface area contributed by atoms with E-state index in [1.165, 1.54) is 20.3 Å². The van der Waals surface area contributed by atoms with Crippen LogP contribution in [0.5, 0.6) is 11.5 Å². The average Bonchev–Trinajstić information content (AvgIpc) is 2.62. The predicted octanol–water partition coefficient (Wildman–Crippen LogP) is 2.08. The molecule has 1 aliphatic rings. The molecule has 0 bridgehead atoms. The standard InChI is InChI=1S/C16H14ClN3O6S/c1-4-5-19-15(22)9(14(21)18-16(19)27)6-8-10(20(23)24)7-11(25-2)13(26-3)12(8)17/h4,6-7H,1,5H2,2-3H3,(H,18,21,27)/b9-6+. The normalized spacial score (nSPS) is 15.6. The summed E-state index contributed by atoms with van der Waals surface area (Å²) in [5, 5.41) is 13.5. The summed E-state index contributed by atoms with van der Waals surface area (Å²) in [6.45, 7) is 3.57. The summed E-state index contributed by atoms with van der Waals surface area (Å²) in [4.78, 5) is 36.7. The Hall–Kier alpha value is -2.98. The fourth-order valence-electron chi connectivity index (χ4n) is 2.37. The molecule has 0 atom stereocenters. The van der Waals surface area contributed by atoms with Crippen LogP contribution in [-0.4, -0.2) is 47.5 Å². The van der Waals surface area contributed by atoms with Gasteiger partial charge in [0.25, 0.3) is 17.5 Å². The first-order valence-electron chi connectivity index (χ1n) is 7.35. The van der Waals surface area contributed by atoms with Crippen LogP contribution in [0, 0.1) is 10.1 Å². The lowest BCUT2D eigenvalue weighted by Crippen LogP contribution is -2.53. The first-order valence-corrected chi connectivity index (χ1v) is 8.14. The third kappa shape index (κ3) is 3.76. The van der Waals surface area contributed by atoms with Crippen LogP contribution in [-0.2, 0) is 9.59 Å². The third-order valence-corrected chi connectivity index (χ3v) is 4.31. The number of nitrogens with one attached hydrogen (secondary N) is 1. The Morgan fingerprint density at radius 3 is 2.59 bits per heavy atom. The lowest BCUT2D eigenvalue weighted by atomic mass is 10.0. The van der Waals surface area contributed by atoms with Crippen molar-refractivity contribution in [2.24, 2.45) is 0 Å². The fourth-order valence-corrected chi connectivity index (χ4v) is 2.95. The molecule has 142 valence electrons. The van der Waals surface area contributed by atoms with E-state index in [0.29, 0.717) is 0 Å². The molecule has 1 N–H and O–H groups in total. The van der Waals surface area contributed by atoms with E-state index in [2.05, 4.69) is 11.9 Å². The van der Waals surface area contributed by atoms with E-state index in [0.717, 1.165) is 17.0 Å². The van der Waals surface area contributed by atoms with Gasteiger partial charge < -0.3 is 9.47 Å². The monoisotopic (exact) mass is 411 g/mol. The topological polar surface area (TPSA) is 111 Å². The minimum absolute atomic E-state index is 0.0266. The Bertz CT molecular complexity index is 899. The zero-order valence-electron chi connectivity index (χ0n) is 14.3. The van der Waals surface area contributed by atoms with Crippen molar-refractivity contribution in [1.82, 2.24) is 10.2 Å². The molecule has 1 aromatic rings. The highest BCUT2D eigenvalue weighted by molar-refractivity contribution is 7.80. The second-order valence-electron chi connectivity index (χ2n) is 5.14. The van der Waals surface area contributed by atoms with Crippen molar-refractivity contribution in [1.29, 1.82) is 0 Å². The summed E-state index contributed by atoms with van der Waals surface area (Å²) in [7, 11) is 2.59. The van der Waals surface area contributed by atoms with Crippen molar-refractivity contribution in [3.8, 4) is 11.5 Å². The second kappa shape index (κ2) is 8.14. The van der Waals surface area contributed by atoms with Crippen molar-refractivity contribution in [2.75, 3.05) is 20.8 Å². The number of benzene rings is 1. The Morgan fingerprint density at radius 2 is 2.07 bits per heavy atom. The largest absolute Gasteiger partial charge is 0.493 e. The van der Waals surface area contributed by atoms with Crippen molar-refractivity contribution < 1.29 is 24.0 Å². The molecule has 0 aromatic heterocycles. The van der Waals surface area contributed by atoms with Gasteiger partial charge >= 0.3 is 0 Å². The van der Waals surface area contributed by atoms with Crippen molar-refractivity contribution in [3.63, 3.8) is 0 Å². The SMILES string of the molecule is C=CCN1C(=O)/C(=C/c2c([N+](=O)[O-])cc(OC)c(OC)c2Cl)C(=O)NC1=S. The number of ether oxygens (including phenoxy) is 2. The number of hydrogen-bond donors (Lipinski definition) is 1. The number of hydrogen-bond acceptors (Lipinski definition) is 7. The molecule has 11 heteroatoms. The number of nitro groups is 1. The predicted molar refractivity (Wildman–Crippen MR) is 102 cm³/mol. The highest BCUT2D eigenvalue weighted by Crippen LogP contribution is 2.43. The van der Waals surface area contributed by atoms with Gasteiger partial charge in [0.2, 0.25) is 0 Å².